The molecule has 2 unspecified atom stereocenters. The zero-order valence-electron chi connectivity index (χ0n) is 28.9. The lowest BCUT2D eigenvalue weighted by Crippen LogP contribution is -2.04. The molecule has 0 aliphatic heterocycles. The second kappa shape index (κ2) is 30.6. The average Bonchev–Trinajstić information content (AvgIpc) is 2.94. The van der Waals surface area contributed by atoms with Crippen molar-refractivity contribution in [2.75, 3.05) is 6.61 Å². The van der Waals surface area contributed by atoms with E-state index < -0.39 is 0 Å². The molecule has 0 radical (unpaired) electrons. The number of allylic oxidation sites excluding steroid dienone is 9. The van der Waals surface area contributed by atoms with Crippen LogP contribution in [-0.2, 0) is 9.53 Å². The predicted octanol–water partition coefficient (Wildman–Crippen LogP) is 13.1. The highest BCUT2D eigenvalue weighted by molar-refractivity contribution is 5.69. The topological polar surface area (TPSA) is 26.3 Å². The molecule has 0 aliphatic rings. The molecule has 0 aromatic heterocycles. The van der Waals surface area contributed by atoms with E-state index >= 15 is 0 Å². The highest BCUT2D eigenvalue weighted by atomic mass is 16.5. The summed E-state index contributed by atoms with van der Waals surface area (Å²) in [6.07, 6.45) is 42.3. The van der Waals surface area contributed by atoms with E-state index in [9.17, 15) is 4.79 Å². The lowest BCUT2D eigenvalue weighted by molar-refractivity contribution is -0.142. The number of hydrogen-bond acceptors (Lipinski definition) is 2. The summed E-state index contributed by atoms with van der Waals surface area (Å²) >= 11 is 0. The Morgan fingerprint density at radius 3 is 1.64 bits per heavy atom. The highest BCUT2D eigenvalue weighted by Crippen LogP contribution is 2.22. The largest absolute Gasteiger partial charge is 0.461 e. The predicted molar refractivity (Wildman–Crippen MR) is 188 cm³/mol. The van der Waals surface area contributed by atoms with Crippen molar-refractivity contribution >= 4 is 5.97 Å². The van der Waals surface area contributed by atoms with Crippen LogP contribution in [0.4, 0.5) is 0 Å². The molecule has 0 saturated heterocycles. The highest BCUT2D eigenvalue weighted by Gasteiger charge is 2.07. The molecular weight excluding hydrogens is 512 g/mol. The zero-order valence-corrected chi connectivity index (χ0v) is 28.9. The van der Waals surface area contributed by atoms with Crippen LogP contribution in [0.15, 0.2) is 60.3 Å². The first-order valence-electron chi connectivity index (χ1n) is 17.8. The Kier molecular flexibility index (Phi) is 29.3. The van der Waals surface area contributed by atoms with Crippen LogP contribution in [0.2, 0.25) is 0 Å². The number of ether oxygens (including phenoxy) is 1. The van der Waals surface area contributed by atoms with E-state index in [1.165, 1.54) is 82.6 Å². The van der Waals surface area contributed by atoms with E-state index in [2.05, 4.69) is 96.2 Å². The number of unbranched alkanes of at least 4 members (excludes halogenated alkanes) is 4. The van der Waals surface area contributed by atoms with Crippen LogP contribution < -0.4 is 0 Å². The molecule has 0 spiro atoms. The van der Waals surface area contributed by atoms with Crippen molar-refractivity contribution in [3.05, 3.63) is 60.3 Å². The van der Waals surface area contributed by atoms with E-state index in [-0.39, 0.29) is 5.97 Å². The standard InChI is InChI=1S/C40H70O2/c1-7-8-9-10-11-12-13-14-15-16-17-18-19-20-21-22-23-33-40(41)42-35-34-39(6)32-26-31-38(5)30-25-29-37(4)28-24-27-36(2)3/h11-12,14-15,17-18,20-21,34,36-38H,7-10,13,16,19,22-33,35H2,1-6H3/b12-11+,15-14+,18-17+,21-20+,39-34+. The maximum Gasteiger partial charge on any atom is 0.306 e. The number of rotatable bonds is 28. The van der Waals surface area contributed by atoms with Crippen molar-refractivity contribution in [1.29, 1.82) is 0 Å². The van der Waals surface area contributed by atoms with Gasteiger partial charge in [0.1, 0.15) is 6.61 Å². The molecule has 242 valence electrons. The third kappa shape index (κ3) is 31.1. The van der Waals surface area contributed by atoms with Crippen LogP contribution in [0.1, 0.15) is 164 Å². The molecule has 42 heavy (non-hydrogen) atoms. The van der Waals surface area contributed by atoms with Crippen molar-refractivity contribution < 1.29 is 9.53 Å². The molecule has 2 heteroatoms. The summed E-state index contributed by atoms with van der Waals surface area (Å²) < 4.78 is 5.42. The molecule has 0 aromatic rings. The zero-order chi connectivity index (χ0) is 31.1. The summed E-state index contributed by atoms with van der Waals surface area (Å²) in [7, 11) is 0. The smallest absolute Gasteiger partial charge is 0.306 e. The van der Waals surface area contributed by atoms with Crippen LogP contribution in [-0.4, -0.2) is 12.6 Å². The fourth-order valence-corrected chi connectivity index (χ4v) is 5.08. The quantitative estimate of drug-likeness (QED) is 0.0521. The minimum Gasteiger partial charge on any atom is -0.461 e. The van der Waals surface area contributed by atoms with Gasteiger partial charge in [-0.25, -0.2) is 0 Å². The van der Waals surface area contributed by atoms with Gasteiger partial charge < -0.3 is 4.74 Å². The molecule has 0 aromatic carbocycles. The minimum atomic E-state index is -0.0815. The van der Waals surface area contributed by atoms with E-state index in [0.717, 1.165) is 56.3 Å². The Morgan fingerprint density at radius 2 is 1.10 bits per heavy atom. The van der Waals surface area contributed by atoms with E-state index in [1.807, 2.05) is 0 Å². The average molecular weight is 583 g/mol. The third-order valence-corrected chi connectivity index (χ3v) is 8.03. The van der Waals surface area contributed by atoms with Gasteiger partial charge >= 0.3 is 5.97 Å². The van der Waals surface area contributed by atoms with Crippen LogP contribution in [0.25, 0.3) is 0 Å². The molecule has 0 fully saturated rings. The Labute approximate surface area is 263 Å². The summed E-state index contributed by atoms with van der Waals surface area (Å²) in [6, 6.07) is 0. The van der Waals surface area contributed by atoms with Crippen molar-refractivity contribution in [1.82, 2.24) is 0 Å². The van der Waals surface area contributed by atoms with Gasteiger partial charge in [0.2, 0.25) is 0 Å². The van der Waals surface area contributed by atoms with Crippen LogP contribution in [0.5, 0.6) is 0 Å². The van der Waals surface area contributed by atoms with Crippen LogP contribution >= 0.6 is 0 Å². The first kappa shape index (κ1) is 40.2. The Bertz CT molecular complexity index is 752. The first-order chi connectivity index (χ1) is 20.3. The molecule has 0 amide bonds. The second-order valence-electron chi connectivity index (χ2n) is 13.1. The Morgan fingerprint density at radius 1 is 0.595 bits per heavy atom. The third-order valence-electron chi connectivity index (χ3n) is 8.03. The van der Waals surface area contributed by atoms with Gasteiger partial charge in [0, 0.05) is 6.42 Å². The maximum atomic E-state index is 12.0. The van der Waals surface area contributed by atoms with Crippen LogP contribution in [0, 0.1) is 17.8 Å². The molecule has 2 atom stereocenters. The van der Waals surface area contributed by atoms with Crippen molar-refractivity contribution in [3.63, 3.8) is 0 Å². The van der Waals surface area contributed by atoms with Crippen molar-refractivity contribution in [2.24, 2.45) is 17.8 Å². The molecule has 0 heterocycles. The summed E-state index contributed by atoms with van der Waals surface area (Å²) in [5.74, 6) is 2.45. The van der Waals surface area contributed by atoms with Crippen molar-refractivity contribution in [2.45, 2.75) is 164 Å². The number of esters is 1. The van der Waals surface area contributed by atoms with E-state index in [1.54, 1.807) is 0 Å². The monoisotopic (exact) mass is 583 g/mol. The Hall–Kier alpha value is -1.83. The molecule has 0 N–H and O–H groups in total. The van der Waals surface area contributed by atoms with Gasteiger partial charge in [0.15, 0.2) is 0 Å². The summed E-state index contributed by atoms with van der Waals surface area (Å²) in [5, 5.41) is 0. The van der Waals surface area contributed by atoms with Gasteiger partial charge in [-0.1, -0.05) is 147 Å². The van der Waals surface area contributed by atoms with Crippen LogP contribution in [0.3, 0.4) is 0 Å². The summed E-state index contributed by atoms with van der Waals surface area (Å²) in [5.41, 5.74) is 1.34. The molecule has 0 saturated carbocycles. The van der Waals surface area contributed by atoms with Gasteiger partial charge in [-0.15, -0.1) is 0 Å². The molecule has 0 bridgehead atoms. The normalized spacial score (nSPS) is 14.3. The Balaban J connectivity index is 3.71. The molecule has 2 nitrogen and oxygen atoms in total. The van der Waals surface area contributed by atoms with E-state index in [0.29, 0.717) is 13.0 Å². The van der Waals surface area contributed by atoms with Gasteiger partial charge in [0.05, 0.1) is 0 Å². The van der Waals surface area contributed by atoms with Gasteiger partial charge in [-0.05, 0) is 88.5 Å². The van der Waals surface area contributed by atoms with Gasteiger partial charge in [0.25, 0.3) is 0 Å². The van der Waals surface area contributed by atoms with Gasteiger partial charge in [-0.2, -0.15) is 0 Å². The number of carbonyl (C=O) groups excluding carboxylic acids is 1. The minimum absolute atomic E-state index is 0.0815. The lowest BCUT2D eigenvalue weighted by Gasteiger charge is -2.15. The summed E-state index contributed by atoms with van der Waals surface area (Å²) in [4.78, 5) is 12.0. The number of carbonyl (C=O) groups is 1. The van der Waals surface area contributed by atoms with E-state index in [4.69, 9.17) is 4.74 Å². The van der Waals surface area contributed by atoms with Gasteiger partial charge in [-0.3, -0.25) is 4.79 Å². The fraction of sp³-hybridized carbons (Fsp3) is 0.725. The first-order valence-corrected chi connectivity index (χ1v) is 17.8. The lowest BCUT2D eigenvalue weighted by atomic mass is 9.91. The maximum absolute atomic E-state index is 12.0. The molecule has 0 aliphatic carbocycles. The summed E-state index contributed by atoms with van der Waals surface area (Å²) in [6.45, 7) is 14.3. The SMILES string of the molecule is CCCCC/C=C/C/C=C/C/C=C/C/C=C/CCCC(=O)OC/C=C(\C)CCCC(C)CCCC(C)CCCC(C)C. The second-order valence-corrected chi connectivity index (χ2v) is 13.1. The van der Waals surface area contributed by atoms with Crippen molar-refractivity contribution in [3.8, 4) is 0 Å². The number of hydrogen-bond donors (Lipinski definition) is 0. The fourth-order valence-electron chi connectivity index (χ4n) is 5.08. The molecular formula is C40H70O2. The molecule has 0 rings (SSSR count).